The summed E-state index contributed by atoms with van der Waals surface area (Å²) in [4.78, 5) is 2.39. The Hall–Kier alpha value is -1.15. The Balaban J connectivity index is 1.84. The summed E-state index contributed by atoms with van der Waals surface area (Å²) >= 11 is 0. The maximum absolute atomic E-state index is 13.4. The number of likely N-dealkylation sites (tertiary alicyclic amines) is 1. The molecule has 86 valence electrons. The zero-order valence-corrected chi connectivity index (χ0v) is 9.58. The van der Waals surface area contributed by atoms with E-state index in [1.165, 1.54) is 11.6 Å². The van der Waals surface area contributed by atoms with Crippen molar-refractivity contribution in [2.45, 2.75) is 19.3 Å². The molecule has 1 saturated heterocycles. The maximum Gasteiger partial charge on any atom is 0.126 e. The first-order valence-electron chi connectivity index (χ1n) is 5.88. The van der Waals surface area contributed by atoms with Gasteiger partial charge in [0, 0.05) is 19.6 Å². The molecule has 0 amide bonds. The molecule has 0 aromatic heterocycles. The molecule has 1 aliphatic rings. The monoisotopic (exact) mass is 219 g/mol. The lowest BCUT2D eigenvalue weighted by molar-refractivity contribution is 0.259. The standard InChI is InChI=1S/C14H18FN/c1-12-6-9-16(10-7-12)11-8-13-4-2-3-5-14(13)15/h2-5H,1,6-11H2. The van der Waals surface area contributed by atoms with Crippen LogP contribution in [0.25, 0.3) is 0 Å². The van der Waals surface area contributed by atoms with E-state index in [2.05, 4.69) is 11.5 Å². The average Bonchev–Trinajstić information content (AvgIpc) is 2.30. The Morgan fingerprint density at radius 3 is 2.56 bits per heavy atom. The third-order valence-corrected chi connectivity index (χ3v) is 3.22. The highest BCUT2D eigenvalue weighted by Gasteiger charge is 2.12. The van der Waals surface area contributed by atoms with E-state index in [-0.39, 0.29) is 5.82 Å². The van der Waals surface area contributed by atoms with Crippen molar-refractivity contribution in [1.29, 1.82) is 0 Å². The van der Waals surface area contributed by atoms with Crippen LogP contribution in [0.3, 0.4) is 0 Å². The van der Waals surface area contributed by atoms with E-state index >= 15 is 0 Å². The minimum atomic E-state index is -0.0797. The third kappa shape index (κ3) is 2.92. The van der Waals surface area contributed by atoms with Gasteiger partial charge in [-0.15, -0.1) is 0 Å². The van der Waals surface area contributed by atoms with Crippen molar-refractivity contribution < 1.29 is 4.39 Å². The van der Waals surface area contributed by atoms with Crippen LogP contribution in [0.15, 0.2) is 36.4 Å². The van der Waals surface area contributed by atoms with Gasteiger partial charge in [-0.3, -0.25) is 0 Å². The van der Waals surface area contributed by atoms with E-state index in [0.29, 0.717) is 0 Å². The number of halogens is 1. The van der Waals surface area contributed by atoms with Crippen molar-refractivity contribution in [3.63, 3.8) is 0 Å². The van der Waals surface area contributed by atoms with E-state index in [0.717, 1.165) is 44.5 Å². The summed E-state index contributed by atoms with van der Waals surface area (Å²) in [6.45, 7) is 7.10. The first kappa shape index (κ1) is 11.3. The Morgan fingerprint density at radius 2 is 1.88 bits per heavy atom. The Kier molecular flexibility index (Phi) is 3.73. The average molecular weight is 219 g/mol. The maximum atomic E-state index is 13.4. The molecule has 0 bridgehead atoms. The van der Waals surface area contributed by atoms with Gasteiger partial charge in [0.25, 0.3) is 0 Å². The quantitative estimate of drug-likeness (QED) is 0.706. The normalized spacial score (nSPS) is 17.7. The molecule has 0 radical (unpaired) electrons. The molecule has 0 atom stereocenters. The molecule has 2 heteroatoms. The highest BCUT2D eigenvalue weighted by atomic mass is 19.1. The molecule has 1 aliphatic heterocycles. The van der Waals surface area contributed by atoms with Gasteiger partial charge in [-0.25, -0.2) is 4.39 Å². The number of benzene rings is 1. The molecule has 0 spiro atoms. The molecule has 1 nitrogen and oxygen atoms in total. The van der Waals surface area contributed by atoms with Crippen LogP contribution >= 0.6 is 0 Å². The number of piperidine rings is 1. The molecular weight excluding hydrogens is 201 g/mol. The van der Waals surface area contributed by atoms with E-state index in [9.17, 15) is 4.39 Å². The Morgan fingerprint density at radius 1 is 1.19 bits per heavy atom. The molecule has 16 heavy (non-hydrogen) atoms. The zero-order chi connectivity index (χ0) is 11.4. The minimum Gasteiger partial charge on any atom is -0.302 e. The van der Waals surface area contributed by atoms with Crippen LogP contribution in [0.1, 0.15) is 18.4 Å². The van der Waals surface area contributed by atoms with Crippen molar-refractivity contribution in [1.82, 2.24) is 4.90 Å². The van der Waals surface area contributed by atoms with Gasteiger partial charge in [0.2, 0.25) is 0 Å². The molecule has 0 N–H and O–H groups in total. The summed E-state index contributed by atoms with van der Waals surface area (Å²) in [5.74, 6) is -0.0797. The number of nitrogens with zero attached hydrogens (tertiary/aromatic N) is 1. The second-order valence-corrected chi connectivity index (χ2v) is 4.43. The van der Waals surface area contributed by atoms with Crippen LogP contribution < -0.4 is 0 Å². The largest absolute Gasteiger partial charge is 0.302 e. The highest BCUT2D eigenvalue weighted by molar-refractivity contribution is 5.17. The summed E-state index contributed by atoms with van der Waals surface area (Å²) in [5.41, 5.74) is 2.18. The molecule has 0 aliphatic carbocycles. The fraction of sp³-hybridized carbons (Fsp3) is 0.429. The number of hydrogen-bond donors (Lipinski definition) is 0. The van der Waals surface area contributed by atoms with E-state index in [1.807, 2.05) is 12.1 Å². The molecule has 1 heterocycles. The lowest BCUT2D eigenvalue weighted by Gasteiger charge is -2.27. The third-order valence-electron chi connectivity index (χ3n) is 3.22. The molecular formula is C14H18FN. The lowest BCUT2D eigenvalue weighted by Crippen LogP contribution is -2.32. The number of rotatable bonds is 3. The summed E-state index contributed by atoms with van der Waals surface area (Å²) in [6.07, 6.45) is 2.99. The summed E-state index contributed by atoms with van der Waals surface area (Å²) in [6, 6.07) is 7.05. The second kappa shape index (κ2) is 5.26. The fourth-order valence-corrected chi connectivity index (χ4v) is 2.07. The molecule has 1 fully saturated rings. The summed E-state index contributed by atoms with van der Waals surface area (Å²) in [7, 11) is 0. The van der Waals surface area contributed by atoms with Crippen molar-refractivity contribution >= 4 is 0 Å². The van der Waals surface area contributed by atoms with Crippen molar-refractivity contribution in [3.05, 3.63) is 47.8 Å². The fourth-order valence-electron chi connectivity index (χ4n) is 2.07. The van der Waals surface area contributed by atoms with E-state index in [4.69, 9.17) is 0 Å². The molecule has 0 unspecified atom stereocenters. The van der Waals surface area contributed by atoms with E-state index in [1.54, 1.807) is 6.07 Å². The predicted octanol–water partition coefficient (Wildman–Crippen LogP) is 3.02. The van der Waals surface area contributed by atoms with Gasteiger partial charge in [-0.1, -0.05) is 30.4 Å². The van der Waals surface area contributed by atoms with Gasteiger partial charge in [-0.2, -0.15) is 0 Å². The van der Waals surface area contributed by atoms with Gasteiger partial charge in [0.15, 0.2) is 0 Å². The molecule has 0 saturated carbocycles. The Labute approximate surface area is 96.6 Å². The van der Waals surface area contributed by atoms with Gasteiger partial charge in [0.05, 0.1) is 0 Å². The molecule has 1 aromatic rings. The van der Waals surface area contributed by atoms with Gasteiger partial charge < -0.3 is 4.90 Å². The van der Waals surface area contributed by atoms with Gasteiger partial charge in [0.1, 0.15) is 5.82 Å². The minimum absolute atomic E-state index is 0.0797. The SMILES string of the molecule is C=C1CCN(CCc2ccccc2F)CC1. The lowest BCUT2D eigenvalue weighted by atomic mass is 10.1. The number of hydrogen-bond acceptors (Lipinski definition) is 1. The van der Waals surface area contributed by atoms with Gasteiger partial charge >= 0.3 is 0 Å². The van der Waals surface area contributed by atoms with Crippen LogP contribution in [-0.4, -0.2) is 24.5 Å². The highest BCUT2D eigenvalue weighted by Crippen LogP contribution is 2.15. The summed E-state index contributed by atoms with van der Waals surface area (Å²) in [5, 5.41) is 0. The summed E-state index contributed by atoms with van der Waals surface area (Å²) < 4.78 is 13.4. The second-order valence-electron chi connectivity index (χ2n) is 4.43. The van der Waals surface area contributed by atoms with Crippen LogP contribution in [-0.2, 0) is 6.42 Å². The van der Waals surface area contributed by atoms with Gasteiger partial charge in [-0.05, 0) is 30.9 Å². The van der Waals surface area contributed by atoms with Crippen molar-refractivity contribution in [3.8, 4) is 0 Å². The van der Waals surface area contributed by atoms with Crippen LogP contribution in [0.5, 0.6) is 0 Å². The van der Waals surface area contributed by atoms with Crippen LogP contribution in [0.4, 0.5) is 4.39 Å². The van der Waals surface area contributed by atoms with E-state index < -0.39 is 0 Å². The predicted molar refractivity (Wildman–Crippen MR) is 64.9 cm³/mol. The zero-order valence-electron chi connectivity index (χ0n) is 9.58. The smallest absolute Gasteiger partial charge is 0.126 e. The topological polar surface area (TPSA) is 3.24 Å². The Bertz CT molecular complexity index is 363. The first-order valence-corrected chi connectivity index (χ1v) is 5.88. The molecule has 2 rings (SSSR count). The molecule has 1 aromatic carbocycles. The van der Waals surface area contributed by atoms with Crippen LogP contribution in [0.2, 0.25) is 0 Å². The van der Waals surface area contributed by atoms with Crippen molar-refractivity contribution in [2.24, 2.45) is 0 Å². The first-order chi connectivity index (χ1) is 7.75. The van der Waals surface area contributed by atoms with Crippen molar-refractivity contribution in [2.75, 3.05) is 19.6 Å². The van der Waals surface area contributed by atoms with Crippen LogP contribution in [0, 0.1) is 5.82 Å².